The third-order valence-electron chi connectivity index (χ3n) is 1.53. The van der Waals surface area contributed by atoms with Crippen molar-refractivity contribution in [3.8, 4) is 0 Å². The zero-order valence-electron chi connectivity index (χ0n) is 6.39. The van der Waals surface area contributed by atoms with Gasteiger partial charge in [0.1, 0.15) is 0 Å². The molecule has 60 valence electrons. The van der Waals surface area contributed by atoms with Gasteiger partial charge in [0.05, 0.1) is 5.69 Å². The quantitative estimate of drug-likeness (QED) is 0.528. The highest BCUT2D eigenvalue weighted by Crippen LogP contribution is 2.18. The highest BCUT2D eigenvalue weighted by Gasteiger charge is 1.95. The van der Waals surface area contributed by atoms with Gasteiger partial charge >= 0.3 is 0 Å². The first kappa shape index (κ1) is 8.37. The molecule has 0 amide bonds. The van der Waals surface area contributed by atoms with Crippen LogP contribution in [0.4, 0.5) is 5.69 Å². The van der Waals surface area contributed by atoms with E-state index in [-0.39, 0.29) is 0 Å². The molecule has 11 heavy (non-hydrogen) atoms. The van der Waals surface area contributed by atoms with E-state index in [1.807, 2.05) is 12.1 Å². The van der Waals surface area contributed by atoms with Crippen molar-refractivity contribution in [2.75, 3.05) is 5.43 Å². The average molecular weight is 171 g/mol. The molecule has 0 aliphatic rings. The molecule has 0 aliphatic heterocycles. The number of aryl methyl sites for hydroxylation is 1. The van der Waals surface area contributed by atoms with Crippen LogP contribution in [0.5, 0.6) is 0 Å². The monoisotopic (exact) mass is 170 g/mol. The Bertz CT molecular complexity index is 226. The van der Waals surface area contributed by atoms with Gasteiger partial charge in [-0.25, -0.2) is 0 Å². The van der Waals surface area contributed by atoms with Gasteiger partial charge in [0.25, 0.3) is 0 Å². The lowest BCUT2D eigenvalue weighted by atomic mass is 10.1. The summed E-state index contributed by atoms with van der Waals surface area (Å²) in [6, 6.07) is 5.70. The van der Waals surface area contributed by atoms with Crippen LogP contribution >= 0.6 is 11.6 Å². The smallest absolute Gasteiger partial charge is 0.0502 e. The number of hydrogen-bond acceptors (Lipinski definition) is 2. The fourth-order valence-corrected chi connectivity index (χ4v) is 1.20. The molecule has 0 saturated heterocycles. The van der Waals surface area contributed by atoms with Crippen molar-refractivity contribution in [3.05, 3.63) is 28.8 Å². The lowest BCUT2D eigenvalue weighted by Gasteiger charge is -2.03. The van der Waals surface area contributed by atoms with E-state index in [0.717, 1.165) is 17.1 Å². The molecule has 1 aromatic carbocycles. The van der Waals surface area contributed by atoms with Crippen LogP contribution in [0.15, 0.2) is 18.2 Å². The third kappa shape index (κ3) is 2.10. The Morgan fingerprint density at radius 3 is 2.73 bits per heavy atom. The van der Waals surface area contributed by atoms with Crippen LogP contribution in [0.1, 0.15) is 12.5 Å². The van der Waals surface area contributed by atoms with Crippen molar-refractivity contribution in [2.24, 2.45) is 5.84 Å². The molecular weight excluding hydrogens is 160 g/mol. The van der Waals surface area contributed by atoms with E-state index >= 15 is 0 Å². The molecule has 0 bridgehead atoms. The molecule has 0 aliphatic carbocycles. The lowest BCUT2D eigenvalue weighted by Crippen LogP contribution is -2.06. The molecular formula is C8H11ClN2. The number of halogens is 1. The maximum atomic E-state index is 5.81. The van der Waals surface area contributed by atoms with Gasteiger partial charge < -0.3 is 5.43 Å². The third-order valence-corrected chi connectivity index (χ3v) is 1.75. The van der Waals surface area contributed by atoms with Crippen LogP contribution in [-0.2, 0) is 6.42 Å². The zero-order valence-corrected chi connectivity index (χ0v) is 7.15. The van der Waals surface area contributed by atoms with Crippen molar-refractivity contribution in [1.82, 2.24) is 0 Å². The van der Waals surface area contributed by atoms with Gasteiger partial charge in [-0.1, -0.05) is 18.5 Å². The minimum Gasteiger partial charge on any atom is -0.324 e. The fourth-order valence-electron chi connectivity index (χ4n) is 0.938. The minimum atomic E-state index is 0.720. The molecule has 0 atom stereocenters. The number of benzene rings is 1. The summed E-state index contributed by atoms with van der Waals surface area (Å²) in [4.78, 5) is 0. The number of hydrogen-bond donors (Lipinski definition) is 2. The van der Waals surface area contributed by atoms with Gasteiger partial charge in [-0.15, -0.1) is 0 Å². The summed E-state index contributed by atoms with van der Waals surface area (Å²) in [5, 5.41) is 0.720. The van der Waals surface area contributed by atoms with E-state index in [2.05, 4.69) is 12.3 Å². The van der Waals surface area contributed by atoms with Crippen LogP contribution in [0.2, 0.25) is 5.02 Å². The van der Waals surface area contributed by atoms with Crippen LogP contribution < -0.4 is 11.3 Å². The first-order valence-corrected chi connectivity index (χ1v) is 3.90. The van der Waals surface area contributed by atoms with Crippen molar-refractivity contribution in [3.63, 3.8) is 0 Å². The molecule has 0 radical (unpaired) electrons. The first-order valence-electron chi connectivity index (χ1n) is 3.52. The highest BCUT2D eigenvalue weighted by atomic mass is 35.5. The Balaban J connectivity index is 3.02. The molecule has 0 saturated carbocycles. The number of nitrogens with two attached hydrogens (primary N) is 1. The van der Waals surface area contributed by atoms with Gasteiger partial charge in [0, 0.05) is 5.02 Å². The fraction of sp³-hybridized carbons (Fsp3) is 0.250. The van der Waals surface area contributed by atoms with E-state index in [1.54, 1.807) is 6.07 Å². The van der Waals surface area contributed by atoms with Crippen LogP contribution in [0.25, 0.3) is 0 Å². The van der Waals surface area contributed by atoms with Crippen molar-refractivity contribution < 1.29 is 0 Å². The SMILES string of the molecule is CCc1cc(Cl)cc(NN)c1. The van der Waals surface area contributed by atoms with Crippen LogP contribution in [-0.4, -0.2) is 0 Å². The molecule has 3 heteroatoms. The molecule has 3 N–H and O–H groups in total. The number of rotatable bonds is 2. The standard InChI is InChI=1S/C8H11ClN2/c1-2-6-3-7(9)5-8(4-6)11-10/h3-5,11H,2,10H2,1H3. The lowest BCUT2D eigenvalue weighted by molar-refractivity contribution is 1.14. The van der Waals surface area contributed by atoms with Gasteiger partial charge in [-0.3, -0.25) is 5.84 Å². The number of nitrogen functional groups attached to an aromatic ring is 1. The Kier molecular flexibility index (Phi) is 2.74. The van der Waals surface area contributed by atoms with Crippen LogP contribution in [0, 0.1) is 0 Å². The summed E-state index contributed by atoms with van der Waals surface area (Å²) < 4.78 is 0. The van der Waals surface area contributed by atoms with E-state index in [9.17, 15) is 0 Å². The molecule has 1 aromatic rings. The van der Waals surface area contributed by atoms with Gasteiger partial charge in [0.15, 0.2) is 0 Å². The Hall–Kier alpha value is -0.730. The Morgan fingerprint density at radius 1 is 1.45 bits per heavy atom. The van der Waals surface area contributed by atoms with Gasteiger partial charge in [0.2, 0.25) is 0 Å². The zero-order chi connectivity index (χ0) is 8.27. The summed E-state index contributed by atoms with van der Waals surface area (Å²) in [6.07, 6.45) is 0.968. The number of hydrazine groups is 1. The molecule has 2 nitrogen and oxygen atoms in total. The molecule has 0 aromatic heterocycles. The normalized spacial score (nSPS) is 9.73. The topological polar surface area (TPSA) is 38.0 Å². The largest absolute Gasteiger partial charge is 0.324 e. The maximum absolute atomic E-state index is 5.81. The van der Waals surface area contributed by atoms with Crippen molar-refractivity contribution >= 4 is 17.3 Å². The van der Waals surface area contributed by atoms with Gasteiger partial charge in [-0.2, -0.15) is 0 Å². The Morgan fingerprint density at radius 2 is 2.18 bits per heavy atom. The summed E-state index contributed by atoms with van der Waals surface area (Å²) in [5.74, 6) is 5.23. The molecule has 0 fully saturated rings. The second-order valence-electron chi connectivity index (χ2n) is 2.35. The number of anilines is 1. The predicted molar refractivity (Wildman–Crippen MR) is 48.6 cm³/mol. The summed E-state index contributed by atoms with van der Waals surface area (Å²) in [5.41, 5.74) is 4.60. The molecule has 0 heterocycles. The van der Waals surface area contributed by atoms with E-state index in [4.69, 9.17) is 17.4 Å². The van der Waals surface area contributed by atoms with Crippen molar-refractivity contribution in [1.29, 1.82) is 0 Å². The van der Waals surface area contributed by atoms with Crippen LogP contribution in [0.3, 0.4) is 0 Å². The molecule has 0 unspecified atom stereocenters. The first-order chi connectivity index (χ1) is 5.26. The van der Waals surface area contributed by atoms with Crippen molar-refractivity contribution in [2.45, 2.75) is 13.3 Å². The maximum Gasteiger partial charge on any atom is 0.0502 e. The predicted octanol–water partition coefficient (Wildman–Crippen LogP) is 2.19. The second-order valence-corrected chi connectivity index (χ2v) is 2.78. The highest BCUT2D eigenvalue weighted by molar-refractivity contribution is 6.30. The van der Waals surface area contributed by atoms with Gasteiger partial charge in [-0.05, 0) is 30.2 Å². The number of nitrogens with one attached hydrogen (secondary N) is 1. The average Bonchev–Trinajstić information content (AvgIpc) is 2.03. The minimum absolute atomic E-state index is 0.720. The van der Waals surface area contributed by atoms with E-state index < -0.39 is 0 Å². The molecule has 1 rings (SSSR count). The summed E-state index contributed by atoms with van der Waals surface area (Å²) >= 11 is 5.81. The Labute approximate surface area is 71.3 Å². The van der Waals surface area contributed by atoms with E-state index in [0.29, 0.717) is 0 Å². The molecule has 0 spiro atoms. The summed E-state index contributed by atoms with van der Waals surface area (Å²) in [7, 11) is 0. The van der Waals surface area contributed by atoms with E-state index in [1.165, 1.54) is 5.56 Å². The second kappa shape index (κ2) is 3.60. The summed E-state index contributed by atoms with van der Waals surface area (Å²) in [6.45, 7) is 2.08.